The molecule has 0 aliphatic carbocycles. The van der Waals surface area contributed by atoms with Crippen molar-refractivity contribution in [3.8, 4) is 0 Å². The number of hydrogen-bond donors (Lipinski definition) is 1. The third-order valence-electron chi connectivity index (χ3n) is 2.75. The van der Waals surface area contributed by atoms with Gasteiger partial charge in [0.05, 0.1) is 23.6 Å². The average Bonchev–Trinajstić information content (AvgIpc) is 2.07. The van der Waals surface area contributed by atoms with Crippen molar-refractivity contribution >= 4 is 15.8 Å². The molecule has 0 amide bonds. The molecule has 88 valence electrons. The summed E-state index contributed by atoms with van der Waals surface area (Å²) in [5.74, 6) is -2.80. The number of aliphatic carboxylic acids is 1. The summed E-state index contributed by atoms with van der Waals surface area (Å²) in [6.07, 6.45) is -0.697. The Morgan fingerprint density at radius 3 is 2.67 bits per heavy atom. The lowest BCUT2D eigenvalue weighted by Crippen LogP contribution is -2.38. The highest BCUT2D eigenvalue weighted by Gasteiger charge is 2.38. The second-order valence-corrected chi connectivity index (χ2v) is 6.35. The van der Waals surface area contributed by atoms with Gasteiger partial charge in [0, 0.05) is 0 Å². The average molecular weight is 238 g/mol. The number of rotatable bonds is 3. The van der Waals surface area contributed by atoms with E-state index in [-0.39, 0.29) is 30.3 Å². The summed E-state index contributed by atoms with van der Waals surface area (Å²) in [6.45, 7) is 1.36. The molecule has 1 saturated heterocycles. The molecule has 0 aromatic carbocycles. The molecular formula is C9H15FO4S. The van der Waals surface area contributed by atoms with E-state index in [9.17, 15) is 17.6 Å². The molecule has 1 aliphatic heterocycles. The van der Waals surface area contributed by atoms with E-state index in [1.807, 2.05) is 0 Å². The maximum absolute atomic E-state index is 12.8. The Balaban J connectivity index is 2.76. The molecule has 1 N–H and O–H groups in total. The minimum Gasteiger partial charge on any atom is -0.481 e. The van der Waals surface area contributed by atoms with Crippen LogP contribution in [0.25, 0.3) is 0 Å². The molecule has 0 radical (unpaired) electrons. The molecule has 15 heavy (non-hydrogen) atoms. The van der Waals surface area contributed by atoms with Crippen LogP contribution in [0.2, 0.25) is 0 Å². The monoisotopic (exact) mass is 238 g/mol. The number of sulfone groups is 1. The van der Waals surface area contributed by atoms with Crippen LogP contribution in [0.5, 0.6) is 0 Å². The van der Waals surface area contributed by atoms with Gasteiger partial charge >= 0.3 is 5.97 Å². The third kappa shape index (κ3) is 3.44. The van der Waals surface area contributed by atoms with Crippen molar-refractivity contribution in [3.05, 3.63) is 0 Å². The normalized spacial score (nSPS) is 32.1. The lowest BCUT2D eigenvalue weighted by Gasteiger charge is -2.28. The molecular weight excluding hydrogens is 223 g/mol. The fourth-order valence-corrected chi connectivity index (χ4v) is 3.79. The zero-order chi connectivity index (χ0) is 11.6. The summed E-state index contributed by atoms with van der Waals surface area (Å²) in [5, 5.41) is 8.87. The maximum atomic E-state index is 12.8. The van der Waals surface area contributed by atoms with Crippen LogP contribution in [0, 0.1) is 11.8 Å². The van der Waals surface area contributed by atoms with E-state index < -0.39 is 27.9 Å². The van der Waals surface area contributed by atoms with Crippen molar-refractivity contribution in [2.45, 2.75) is 25.9 Å². The van der Waals surface area contributed by atoms with Gasteiger partial charge in [0.15, 0.2) is 9.84 Å². The Bertz CT molecular complexity index is 336. The number of hydrogen-bond acceptors (Lipinski definition) is 3. The van der Waals surface area contributed by atoms with Crippen molar-refractivity contribution in [2.24, 2.45) is 11.8 Å². The molecule has 0 aromatic heterocycles. The highest BCUT2D eigenvalue weighted by Crippen LogP contribution is 2.29. The predicted molar refractivity (Wildman–Crippen MR) is 53.1 cm³/mol. The number of alkyl halides is 1. The van der Waals surface area contributed by atoms with E-state index in [2.05, 4.69) is 0 Å². The van der Waals surface area contributed by atoms with Gasteiger partial charge in [-0.05, 0) is 25.7 Å². The lowest BCUT2D eigenvalue weighted by molar-refractivity contribution is -0.143. The smallest absolute Gasteiger partial charge is 0.307 e. The highest BCUT2D eigenvalue weighted by atomic mass is 32.2. The number of carboxylic acid groups (broad SMARTS) is 1. The van der Waals surface area contributed by atoms with Crippen molar-refractivity contribution in [3.63, 3.8) is 0 Å². The first-order valence-corrected chi connectivity index (χ1v) is 6.71. The Hall–Kier alpha value is -0.650. The SMILES string of the molecule is CC(F)CC1CCS(=O)(=O)CC1C(=O)O. The van der Waals surface area contributed by atoms with E-state index >= 15 is 0 Å². The standard InChI is InChI=1S/C9H15FO4S/c1-6(10)4-7-2-3-15(13,14)5-8(7)9(11)12/h6-8H,2-5H2,1H3,(H,11,12). The van der Waals surface area contributed by atoms with Crippen LogP contribution in [0.3, 0.4) is 0 Å². The van der Waals surface area contributed by atoms with Gasteiger partial charge in [-0.3, -0.25) is 4.79 Å². The molecule has 1 heterocycles. The van der Waals surface area contributed by atoms with Gasteiger partial charge in [-0.2, -0.15) is 0 Å². The van der Waals surface area contributed by atoms with Crippen LogP contribution in [-0.4, -0.2) is 37.2 Å². The Morgan fingerprint density at radius 1 is 1.60 bits per heavy atom. The lowest BCUT2D eigenvalue weighted by atomic mass is 9.87. The molecule has 0 spiro atoms. The summed E-state index contributed by atoms with van der Waals surface area (Å²) in [5.41, 5.74) is 0. The van der Waals surface area contributed by atoms with E-state index in [0.29, 0.717) is 0 Å². The van der Waals surface area contributed by atoms with E-state index in [4.69, 9.17) is 5.11 Å². The summed E-state index contributed by atoms with van der Waals surface area (Å²) in [6, 6.07) is 0. The van der Waals surface area contributed by atoms with Crippen molar-refractivity contribution in [1.82, 2.24) is 0 Å². The molecule has 0 bridgehead atoms. The summed E-state index contributed by atoms with van der Waals surface area (Å²) in [7, 11) is -3.25. The van der Waals surface area contributed by atoms with Gasteiger partial charge in [0.25, 0.3) is 0 Å². The molecule has 1 rings (SSSR count). The first kappa shape index (κ1) is 12.4. The molecule has 3 atom stereocenters. The van der Waals surface area contributed by atoms with Crippen LogP contribution in [0.15, 0.2) is 0 Å². The summed E-state index contributed by atoms with van der Waals surface area (Å²) in [4.78, 5) is 10.8. The van der Waals surface area contributed by atoms with Gasteiger partial charge in [-0.1, -0.05) is 0 Å². The molecule has 3 unspecified atom stereocenters. The second kappa shape index (κ2) is 4.47. The van der Waals surface area contributed by atoms with Gasteiger partial charge < -0.3 is 5.11 Å². The van der Waals surface area contributed by atoms with Gasteiger partial charge in [0.1, 0.15) is 0 Å². The first-order chi connectivity index (χ1) is 6.82. The van der Waals surface area contributed by atoms with Crippen LogP contribution >= 0.6 is 0 Å². The Kier molecular flexibility index (Phi) is 3.70. The third-order valence-corrected chi connectivity index (χ3v) is 4.47. The second-order valence-electron chi connectivity index (χ2n) is 4.12. The van der Waals surface area contributed by atoms with Crippen molar-refractivity contribution in [1.29, 1.82) is 0 Å². The molecule has 1 fully saturated rings. The number of carboxylic acids is 1. The van der Waals surface area contributed by atoms with Gasteiger partial charge in [-0.15, -0.1) is 0 Å². The molecule has 4 nitrogen and oxygen atoms in total. The zero-order valence-electron chi connectivity index (χ0n) is 8.52. The van der Waals surface area contributed by atoms with Gasteiger partial charge in [0.2, 0.25) is 0 Å². The maximum Gasteiger partial charge on any atom is 0.307 e. The van der Waals surface area contributed by atoms with Gasteiger partial charge in [-0.25, -0.2) is 12.8 Å². The minimum absolute atomic E-state index is 0.0197. The van der Waals surface area contributed by atoms with Crippen LogP contribution in [0.1, 0.15) is 19.8 Å². The summed E-state index contributed by atoms with van der Waals surface area (Å²) < 4.78 is 35.3. The fraction of sp³-hybridized carbons (Fsp3) is 0.889. The molecule has 1 aliphatic rings. The quantitative estimate of drug-likeness (QED) is 0.792. The Morgan fingerprint density at radius 2 is 2.20 bits per heavy atom. The van der Waals surface area contributed by atoms with E-state index in [0.717, 1.165) is 0 Å². The van der Waals surface area contributed by atoms with Crippen LogP contribution < -0.4 is 0 Å². The van der Waals surface area contributed by atoms with Crippen molar-refractivity contribution in [2.75, 3.05) is 11.5 Å². The molecule has 0 saturated carbocycles. The Labute approximate surface area is 88.4 Å². The number of carbonyl (C=O) groups is 1. The van der Waals surface area contributed by atoms with Crippen LogP contribution in [0.4, 0.5) is 4.39 Å². The predicted octanol–water partition coefficient (Wildman–Crippen LogP) is 0.870. The summed E-state index contributed by atoms with van der Waals surface area (Å²) >= 11 is 0. The number of halogens is 1. The fourth-order valence-electron chi connectivity index (χ4n) is 2.00. The van der Waals surface area contributed by atoms with E-state index in [1.54, 1.807) is 0 Å². The topological polar surface area (TPSA) is 71.4 Å². The minimum atomic E-state index is -3.25. The molecule has 6 heteroatoms. The largest absolute Gasteiger partial charge is 0.481 e. The van der Waals surface area contributed by atoms with Crippen LogP contribution in [-0.2, 0) is 14.6 Å². The zero-order valence-corrected chi connectivity index (χ0v) is 9.34. The first-order valence-electron chi connectivity index (χ1n) is 4.89. The van der Waals surface area contributed by atoms with E-state index in [1.165, 1.54) is 6.92 Å². The highest BCUT2D eigenvalue weighted by molar-refractivity contribution is 7.91. The molecule has 0 aromatic rings. The van der Waals surface area contributed by atoms with Crippen molar-refractivity contribution < 1.29 is 22.7 Å².